The molecule has 69 heavy (non-hydrogen) atoms. The topological polar surface area (TPSA) is 259 Å². The summed E-state index contributed by atoms with van der Waals surface area (Å²) in [6, 6.07) is 4.45. The molecule has 3 aliphatic heterocycles. The summed E-state index contributed by atoms with van der Waals surface area (Å²) in [7, 11) is 5.26. The number of ether oxygens (including phenoxy) is 6. The molecule has 1 aromatic carbocycles. The fourth-order valence-electron chi connectivity index (χ4n) is 10.5. The number of aliphatic hydroxyl groups excluding tert-OH is 3. The third-order valence-electron chi connectivity index (χ3n) is 14.6. The molecule has 0 saturated carbocycles. The lowest BCUT2D eigenvalue weighted by atomic mass is 9.77. The molecule has 398 valence electrons. The van der Waals surface area contributed by atoms with E-state index in [0.717, 1.165) is 11.1 Å². The van der Waals surface area contributed by atoms with E-state index in [9.17, 15) is 35.1 Å². The minimum Gasteiger partial charge on any atom is -0.483 e. The second kappa shape index (κ2) is 26.1. The molecule has 18 atom stereocenters. The lowest BCUT2D eigenvalue weighted by Crippen LogP contribution is -2.60. The number of cyclic esters (lactones) is 1. The molecule has 8 N–H and O–H groups in total. The molecule has 1 aromatic rings. The summed E-state index contributed by atoms with van der Waals surface area (Å²) >= 11 is 0. The number of aryl methyl sites for hydroxylation is 2. The molecule has 0 bridgehead atoms. The highest BCUT2D eigenvalue weighted by atomic mass is 16.7. The van der Waals surface area contributed by atoms with Crippen LogP contribution >= 0.6 is 0 Å². The molecule has 19 heteroatoms. The fraction of sp³-hybridized carbons (Fsp3) is 0.820. The molecule has 3 saturated heterocycles. The van der Waals surface area contributed by atoms with Gasteiger partial charge >= 0.3 is 12.0 Å². The van der Waals surface area contributed by atoms with Crippen LogP contribution in [-0.2, 0) is 38.0 Å². The van der Waals surface area contributed by atoms with Crippen molar-refractivity contribution in [2.45, 2.75) is 205 Å². The molecular formula is C50H88N4O15. The van der Waals surface area contributed by atoms with Gasteiger partial charge in [0.1, 0.15) is 30.0 Å². The molecule has 2 amide bonds. The number of hydrogen-bond acceptors (Lipinski definition) is 16. The molecule has 4 rings (SSSR count). The molecule has 0 radical (unpaired) electrons. The molecule has 19 nitrogen and oxygen atoms in total. The zero-order valence-electron chi connectivity index (χ0n) is 43.9. The molecule has 0 aromatic heterocycles. The highest BCUT2D eigenvalue weighted by molar-refractivity contribution is 5.90. The Kier molecular flexibility index (Phi) is 22.8. The van der Waals surface area contributed by atoms with Gasteiger partial charge in [0.25, 0.3) is 6.47 Å². The number of nitrogens with one attached hydrogen (secondary N) is 2. The second-order valence-corrected chi connectivity index (χ2v) is 20.9. The van der Waals surface area contributed by atoms with E-state index in [0.29, 0.717) is 38.2 Å². The molecule has 3 heterocycles. The zero-order chi connectivity index (χ0) is 52.3. The largest absolute Gasteiger partial charge is 0.483 e. The number of rotatable bonds is 12. The Labute approximate surface area is 410 Å². The minimum absolute atomic E-state index is 0.101. The average Bonchev–Trinajstić information content (AvgIpc) is 3.27. The lowest BCUT2D eigenvalue weighted by Gasteiger charge is -2.48. The highest BCUT2D eigenvalue weighted by Gasteiger charge is 2.53. The number of hydrogen-bond donors (Lipinski definition) is 8. The van der Waals surface area contributed by atoms with Crippen molar-refractivity contribution in [2.24, 2.45) is 17.8 Å². The maximum Gasteiger partial charge on any atom is 0.319 e. The molecular weight excluding hydrogens is 897 g/mol. The van der Waals surface area contributed by atoms with Crippen molar-refractivity contribution >= 4 is 24.2 Å². The smallest absolute Gasteiger partial charge is 0.319 e. The van der Waals surface area contributed by atoms with Gasteiger partial charge in [-0.05, 0) is 120 Å². The lowest BCUT2D eigenvalue weighted by molar-refractivity contribution is -0.318. The van der Waals surface area contributed by atoms with Gasteiger partial charge in [0, 0.05) is 56.9 Å². The van der Waals surface area contributed by atoms with Crippen molar-refractivity contribution < 1.29 is 73.4 Å². The molecule has 0 spiro atoms. The Morgan fingerprint density at radius 1 is 0.986 bits per heavy atom. The molecule has 3 aliphatic rings. The SMILES string of the molecule is CC[C@H]1OC(=O)[C@H](C)[C@@H](O[C@H]2C[C@@](C)(OC)[C@@H](O)[C@H](C)O2)[C@H](C)[C@@H](O[C@@H]2O[C@H](C)C[C@H](N(C)C)[C@H]2O)[C@](C)(O)C[C@@H](C)CN(CCCNC(=O)Nc2ccc(C)cc2C)[C@H](C)[C@@H](O)[C@]1(C)O.O=CO. The van der Waals surface area contributed by atoms with Crippen molar-refractivity contribution in [3.05, 3.63) is 29.3 Å². The zero-order valence-corrected chi connectivity index (χ0v) is 43.9. The third-order valence-corrected chi connectivity index (χ3v) is 14.6. The quantitative estimate of drug-likeness (QED) is 0.0842. The number of urea groups is 1. The predicted octanol–water partition coefficient (Wildman–Crippen LogP) is 3.80. The Bertz CT molecular complexity index is 1770. The van der Waals surface area contributed by atoms with Crippen LogP contribution in [0.15, 0.2) is 18.2 Å². The fourth-order valence-corrected chi connectivity index (χ4v) is 10.5. The van der Waals surface area contributed by atoms with E-state index >= 15 is 0 Å². The van der Waals surface area contributed by atoms with E-state index in [-0.39, 0.29) is 49.8 Å². The Morgan fingerprint density at radius 2 is 1.62 bits per heavy atom. The van der Waals surface area contributed by atoms with Gasteiger partial charge in [0.05, 0.1) is 41.5 Å². The number of carbonyl (C=O) groups excluding carboxylic acids is 2. The summed E-state index contributed by atoms with van der Waals surface area (Å²) in [6.07, 6.45) is -8.52. The number of anilines is 1. The second-order valence-electron chi connectivity index (χ2n) is 20.9. The first kappa shape index (κ1) is 60.3. The first-order valence-electron chi connectivity index (χ1n) is 24.6. The number of likely N-dealkylation sites (N-methyl/N-ethyl adjacent to an activating group) is 1. The number of methoxy groups -OCH3 is 1. The standard InChI is InChI=1S/C49H86N4O13.CH2O2/c1-16-37-49(12,60)41(55)33(8)53(21-17-20-50-46(58)51-35-19-18-27(2)22-29(35)4)26-28(3)24-47(10,59)43(66-45-39(54)36(52(13)14)23-30(5)62-45)31(6)40(32(7)44(57)64-37)65-38-25-48(11,61-15)42(56)34(9)63-38;2-1-3/h18-19,22,28,30-34,36-43,45,54-56,59-60H,16-17,20-21,23-26H2,1-15H3,(H2,50,51,58);1H,(H,2,3)/t28-,30-,31+,32-,33-,34+,36+,37-,38+,39-,40+,41-,42+,43-,45+,47-,48-,49-;/m1./s1. The first-order valence-corrected chi connectivity index (χ1v) is 24.6. The number of benzene rings is 1. The summed E-state index contributed by atoms with van der Waals surface area (Å²) < 4.78 is 38.0. The highest BCUT2D eigenvalue weighted by Crippen LogP contribution is 2.40. The predicted molar refractivity (Wildman–Crippen MR) is 259 cm³/mol. The van der Waals surface area contributed by atoms with Gasteiger partial charge in [-0.15, -0.1) is 0 Å². The third kappa shape index (κ3) is 15.7. The van der Waals surface area contributed by atoms with Crippen LogP contribution in [0.3, 0.4) is 0 Å². The number of carbonyl (C=O) groups is 3. The van der Waals surface area contributed by atoms with Crippen LogP contribution < -0.4 is 10.6 Å². The van der Waals surface area contributed by atoms with Crippen LogP contribution in [0.4, 0.5) is 10.5 Å². The number of amides is 2. The van der Waals surface area contributed by atoms with Gasteiger partial charge in [-0.1, -0.05) is 38.5 Å². The van der Waals surface area contributed by atoms with Crippen molar-refractivity contribution in [2.75, 3.05) is 46.2 Å². The van der Waals surface area contributed by atoms with Crippen LogP contribution in [0.1, 0.15) is 112 Å². The van der Waals surface area contributed by atoms with Crippen LogP contribution in [0.2, 0.25) is 0 Å². The van der Waals surface area contributed by atoms with Gasteiger partial charge in [-0.3, -0.25) is 14.5 Å². The molecule has 3 fully saturated rings. The number of nitrogens with zero attached hydrogens (tertiary/aromatic N) is 2. The minimum atomic E-state index is -1.92. The van der Waals surface area contributed by atoms with E-state index in [2.05, 4.69) is 10.6 Å². The van der Waals surface area contributed by atoms with Crippen molar-refractivity contribution in [3.8, 4) is 0 Å². The Hall–Kier alpha value is -3.05. The van der Waals surface area contributed by atoms with Crippen molar-refractivity contribution in [1.29, 1.82) is 0 Å². The van der Waals surface area contributed by atoms with Crippen LogP contribution in [0.25, 0.3) is 0 Å². The first-order chi connectivity index (χ1) is 32.1. The van der Waals surface area contributed by atoms with Gasteiger partial charge in [-0.25, -0.2) is 4.79 Å². The van der Waals surface area contributed by atoms with E-state index in [1.807, 2.05) is 76.7 Å². The molecule has 0 unspecified atom stereocenters. The number of esters is 1. The molecule has 0 aliphatic carbocycles. The Morgan fingerprint density at radius 3 is 2.20 bits per heavy atom. The van der Waals surface area contributed by atoms with E-state index in [1.165, 1.54) is 14.0 Å². The maximum atomic E-state index is 14.5. The van der Waals surface area contributed by atoms with Crippen LogP contribution in [0, 0.1) is 31.6 Å². The van der Waals surface area contributed by atoms with Gasteiger partial charge in [0.2, 0.25) is 0 Å². The van der Waals surface area contributed by atoms with Crippen LogP contribution in [0.5, 0.6) is 0 Å². The number of carboxylic acid groups (broad SMARTS) is 1. The normalized spacial score (nSPS) is 39.8. The van der Waals surface area contributed by atoms with E-state index < -0.39 is 96.0 Å². The summed E-state index contributed by atoms with van der Waals surface area (Å²) in [5.74, 6) is -2.87. The van der Waals surface area contributed by atoms with Crippen molar-refractivity contribution in [1.82, 2.24) is 15.1 Å². The van der Waals surface area contributed by atoms with Gasteiger partial charge in [0.15, 0.2) is 12.6 Å². The average molecular weight is 985 g/mol. The van der Waals surface area contributed by atoms with E-state index in [1.54, 1.807) is 41.5 Å². The summed E-state index contributed by atoms with van der Waals surface area (Å²) in [6.45, 7) is 22.2. The van der Waals surface area contributed by atoms with E-state index in [4.69, 9.17) is 38.3 Å². The summed E-state index contributed by atoms with van der Waals surface area (Å²) in [5, 5.41) is 72.6. The summed E-state index contributed by atoms with van der Waals surface area (Å²) in [4.78, 5) is 39.8. The number of aliphatic hydroxyl groups is 5. The Balaban J connectivity index is 0.00000409. The van der Waals surface area contributed by atoms with Crippen molar-refractivity contribution in [3.63, 3.8) is 0 Å². The monoisotopic (exact) mass is 985 g/mol. The van der Waals surface area contributed by atoms with Gasteiger partial charge in [-0.2, -0.15) is 0 Å². The summed E-state index contributed by atoms with van der Waals surface area (Å²) in [5.41, 5.74) is -1.88. The van der Waals surface area contributed by atoms with Gasteiger partial charge < -0.3 is 74.6 Å². The maximum absolute atomic E-state index is 14.5. The van der Waals surface area contributed by atoms with Crippen LogP contribution in [-0.4, -0.2) is 190 Å².